The molecular weight excluding hydrogens is 304 g/mol. The van der Waals surface area contributed by atoms with E-state index in [4.69, 9.17) is 0 Å². The van der Waals surface area contributed by atoms with E-state index in [2.05, 4.69) is 9.97 Å². The molecular formula is C14H10N4O3S. The first-order valence-electron chi connectivity index (χ1n) is 6.30. The Balaban J connectivity index is 2.11. The van der Waals surface area contributed by atoms with E-state index in [0.29, 0.717) is 5.69 Å². The molecule has 1 amide bonds. The third kappa shape index (κ3) is 2.51. The summed E-state index contributed by atoms with van der Waals surface area (Å²) in [7, 11) is 0. The number of amides is 1. The van der Waals surface area contributed by atoms with Gasteiger partial charge in [-0.2, -0.15) is 0 Å². The number of carbonyl (C=O) groups is 1. The van der Waals surface area contributed by atoms with Crippen molar-refractivity contribution in [3.05, 3.63) is 52.2 Å². The number of nitro groups is 1. The SMILES string of the molecule is CC(=O)N(c1ccc2scnc2c1)c1cc([N+](=O)[O-])ccn1. The predicted octanol–water partition coefficient (Wildman–Crippen LogP) is 3.28. The van der Waals surface area contributed by atoms with Gasteiger partial charge in [-0.05, 0) is 18.2 Å². The number of anilines is 2. The Hall–Kier alpha value is -2.87. The summed E-state index contributed by atoms with van der Waals surface area (Å²) in [6, 6.07) is 7.93. The molecule has 3 aromatic rings. The van der Waals surface area contributed by atoms with Crippen molar-refractivity contribution in [1.29, 1.82) is 0 Å². The second-order valence-electron chi connectivity index (χ2n) is 4.49. The maximum atomic E-state index is 12.0. The van der Waals surface area contributed by atoms with Gasteiger partial charge in [-0.3, -0.25) is 19.8 Å². The van der Waals surface area contributed by atoms with E-state index >= 15 is 0 Å². The van der Waals surface area contributed by atoms with Gasteiger partial charge < -0.3 is 0 Å². The maximum Gasteiger partial charge on any atom is 0.274 e. The normalized spacial score (nSPS) is 10.6. The molecule has 110 valence electrons. The van der Waals surface area contributed by atoms with Crippen molar-refractivity contribution in [1.82, 2.24) is 9.97 Å². The zero-order valence-corrected chi connectivity index (χ0v) is 12.3. The largest absolute Gasteiger partial charge is 0.274 e. The van der Waals surface area contributed by atoms with Crippen LogP contribution in [0.25, 0.3) is 10.2 Å². The molecule has 7 nitrogen and oxygen atoms in total. The van der Waals surface area contributed by atoms with Gasteiger partial charge in [-0.1, -0.05) is 0 Å². The monoisotopic (exact) mass is 314 g/mol. The fourth-order valence-electron chi connectivity index (χ4n) is 2.10. The number of benzene rings is 1. The van der Waals surface area contributed by atoms with Gasteiger partial charge in [0.25, 0.3) is 5.69 Å². The van der Waals surface area contributed by atoms with Crippen LogP contribution in [0.1, 0.15) is 6.92 Å². The van der Waals surface area contributed by atoms with Crippen LogP contribution < -0.4 is 4.90 Å². The fourth-order valence-corrected chi connectivity index (χ4v) is 2.76. The van der Waals surface area contributed by atoms with E-state index in [1.807, 2.05) is 6.07 Å². The lowest BCUT2D eigenvalue weighted by Crippen LogP contribution is -2.23. The van der Waals surface area contributed by atoms with E-state index in [9.17, 15) is 14.9 Å². The summed E-state index contributed by atoms with van der Waals surface area (Å²) in [6.45, 7) is 1.38. The molecule has 8 heteroatoms. The minimum atomic E-state index is -0.521. The molecule has 2 aromatic heterocycles. The Morgan fingerprint density at radius 1 is 1.27 bits per heavy atom. The van der Waals surface area contributed by atoms with Crippen LogP contribution in [-0.2, 0) is 4.79 Å². The number of rotatable bonds is 3. The van der Waals surface area contributed by atoms with Crippen molar-refractivity contribution < 1.29 is 9.72 Å². The highest BCUT2D eigenvalue weighted by molar-refractivity contribution is 7.16. The topological polar surface area (TPSA) is 89.2 Å². The summed E-state index contributed by atoms with van der Waals surface area (Å²) in [4.78, 5) is 32.0. The van der Waals surface area contributed by atoms with E-state index < -0.39 is 4.92 Å². The quantitative estimate of drug-likeness (QED) is 0.546. The molecule has 0 radical (unpaired) electrons. The average molecular weight is 314 g/mol. The van der Waals surface area contributed by atoms with Gasteiger partial charge in [-0.25, -0.2) is 9.97 Å². The summed E-state index contributed by atoms with van der Waals surface area (Å²) >= 11 is 1.50. The number of fused-ring (bicyclic) bond motifs is 1. The predicted molar refractivity (Wildman–Crippen MR) is 83.3 cm³/mol. The van der Waals surface area contributed by atoms with Crippen LogP contribution in [0.5, 0.6) is 0 Å². The number of hydrogen-bond donors (Lipinski definition) is 0. The minimum Gasteiger partial charge on any atom is -0.274 e. The highest BCUT2D eigenvalue weighted by Gasteiger charge is 2.19. The van der Waals surface area contributed by atoms with Crippen molar-refractivity contribution in [2.45, 2.75) is 6.92 Å². The van der Waals surface area contributed by atoms with E-state index in [1.54, 1.807) is 17.6 Å². The summed E-state index contributed by atoms with van der Waals surface area (Å²) in [5.41, 5.74) is 2.93. The molecule has 2 heterocycles. The first-order chi connectivity index (χ1) is 10.6. The molecule has 0 N–H and O–H groups in total. The lowest BCUT2D eigenvalue weighted by molar-refractivity contribution is -0.384. The van der Waals surface area contributed by atoms with Gasteiger partial charge in [0.05, 0.1) is 32.4 Å². The standard InChI is InChI=1S/C14H10N4O3S/c1-9(19)17(14-7-11(18(20)21)4-5-15-14)10-2-3-13-12(6-10)16-8-22-13/h2-8H,1H3. The van der Waals surface area contributed by atoms with Crippen LogP contribution in [0.2, 0.25) is 0 Å². The van der Waals surface area contributed by atoms with Crippen molar-refractivity contribution in [3.63, 3.8) is 0 Å². The molecule has 3 rings (SSSR count). The van der Waals surface area contributed by atoms with Crippen LogP contribution >= 0.6 is 11.3 Å². The highest BCUT2D eigenvalue weighted by Crippen LogP contribution is 2.30. The van der Waals surface area contributed by atoms with E-state index in [-0.39, 0.29) is 17.4 Å². The van der Waals surface area contributed by atoms with Gasteiger partial charge in [0.2, 0.25) is 5.91 Å². The Morgan fingerprint density at radius 3 is 2.82 bits per heavy atom. The van der Waals surface area contributed by atoms with Crippen molar-refractivity contribution in [2.75, 3.05) is 4.90 Å². The van der Waals surface area contributed by atoms with Crippen LogP contribution in [0.3, 0.4) is 0 Å². The molecule has 0 spiro atoms. The molecule has 0 aliphatic heterocycles. The molecule has 0 aliphatic rings. The van der Waals surface area contributed by atoms with Crippen LogP contribution in [0.4, 0.5) is 17.2 Å². The average Bonchev–Trinajstić information content (AvgIpc) is 2.95. The Kier molecular flexibility index (Phi) is 3.51. The van der Waals surface area contributed by atoms with Crippen LogP contribution in [0, 0.1) is 10.1 Å². The molecule has 0 atom stereocenters. The molecule has 0 aliphatic carbocycles. The summed E-state index contributed by atoms with van der Waals surface area (Å²) in [6.07, 6.45) is 1.31. The summed E-state index contributed by atoms with van der Waals surface area (Å²) in [5, 5.41) is 10.9. The number of carbonyl (C=O) groups excluding carboxylic acids is 1. The smallest absolute Gasteiger partial charge is 0.274 e. The Bertz CT molecular complexity index is 877. The lowest BCUT2D eigenvalue weighted by Gasteiger charge is -2.19. The number of pyridine rings is 1. The van der Waals surface area contributed by atoms with E-state index in [1.165, 1.54) is 41.5 Å². The Morgan fingerprint density at radius 2 is 2.09 bits per heavy atom. The van der Waals surface area contributed by atoms with E-state index in [0.717, 1.165) is 10.2 Å². The van der Waals surface area contributed by atoms with Crippen LogP contribution in [-0.4, -0.2) is 20.8 Å². The Labute approximate surface area is 129 Å². The molecule has 0 unspecified atom stereocenters. The van der Waals surface area contributed by atoms with Crippen LogP contribution in [0.15, 0.2) is 42.0 Å². The maximum absolute atomic E-state index is 12.0. The number of thiazole rings is 1. The van der Waals surface area contributed by atoms with Gasteiger partial charge in [0.15, 0.2) is 0 Å². The number of hydrogen-bond acceptors (Lipinski definition) is 6. The van der Waals surface area contributed by atoms with Crippen molar-refractivity contribution in [2.24, 2.45) is 0 Å². The fraction of sp³-hybridized carbons (Fsp3) is 0.0714. The summed E-state index contributed by atoms with van der Waals surface area (Å²) < 4.78 is 0.999. The van der Waals surface area contributed by atoms with Gasteiger partial charge in [0.1, 0.15) is 5.82 Å². The molecule has 0 fully saturated rings. The first-order valence-corrected chi connectivity index (χ1v) is 7.18. The second kappa shape index (κ2) is 5.49. The molecule has 0 saturated carbocycles. The third-order valence-electron chi connectivity index (χ3n) is 3.06. The number of aromatic nitrogens is 2. The molecule has 22 heavy (non-hydrogen) atoms. The van der Waals surface area contributed by atoms with Gasteiger partial charge >= 0.3 is 0 Å². The summed E-state index contributed by atoms with van der Waals surface area (Å²) in [5.74, 6) is -0.0844. The van der Waals surface area contributed by atoms with Crippen molar-refractivity contribution in [3.8, 4) is 0 Å². The van der Waals surface area contributed by atoms with Crippen molar-refractivity contribution >= 4 is 44.7 Å². The molecule has 1 aromatic carbocycles. The zero-order valence-electron chi connectivity index (χ0n) is 11.5. The first kappa shape index (κ1) is 14.1. The minimum absolute atomic E-state index is 0.119. The second-order valence-corrected chi connectivity index (χ2v) is 5.37. The zero-order chi connectivity index (χ0) is 15.7. The van der Waals surface area contributed by atoms with Gasteiger partial charge in [0, 0.05) is 19.2 Å². The number of nitrogens with zero attached hydrogens (tertiary/aromatic N) is 4. The third-order valence-corrected chi connectivity index (χ3v) is 3.87. The molecule has 0 saturated heterocycles. The van der Waals surface area contributed by atoms with Gasteiger partial charge in [-0.15, -0.1) is 11.3 Å². The lowest BCUT2D eigenvalue weighted by atomic mass is 10.2. The molecule has 0 bridgehead atoms. The highest BCUT2D eigenvalue weighted by atomic mass is 32.1.